The molecule has 11 nitrogen and oxygen atoms in total. The lowest BCUT2D eigenvalue weighted by molar-refractivity contribution is -0.192. The van der Waals surface area contributed by atoms with Gasteiger partial charge in [-0.3, -0.25) is 24.3 Å². The van der Waals surface area contributed by atoms with Gasteiger partial charge < -0.3 is 5.11 Å². The van der Waals surface area contributed by atoms with Crippen LogP contribution in [-0.2, 0) is 32.5 Å². The molecule has 1 aromatic heterocycles. The summed E-state index contributed by atoms with van der Waals surface area (Å²) >= 11 is 0. The van der Waals surface area contributed by atoms with Crippen molar-refractivity contribution in [2.45, 2.75) is 56.2 Å². The molecule has 43 heavy (non-hydrogen) atoms. The first kappa shape index (κ1) is 33.6. The number of carboxylic acids is 1. The number of benzene rings is 2. The monoisotopic (exact) mass is 630 g/mol. The molecule has 0 bridgehead atoms. The molecule has 2 aromatic carbocycles. The number of nitrogens with zero attached hydrogens (tertiary/aromatic N) is 3. The Bertz CT molecular complexity index is 1670. The molecule has 0 saturated heterocycles. The quantitative estimate of drug-likeness (QED) is 0.183. The summed E-state index contributed by atoms with van der Waals surface area (Å²) in [6, 6.07) is 10.9. The van der Waals surface area contributed by atoms with Crippen molar-refractivity contribution in [1.29, 1.82) is 0 Å². The number of nitrogens with one attached hydrogen (secondary N) is 1. The summed E-state index contributed by atoms with van der Waals surface area (Å²) in [5, 5.41) is 16.1. The van der Waals surface area contributed by atoms with Crippen molar-refractivity contribution in [1.82, 2.24) is 19.9 Å². The number of carbonyl (C=O) groups is 2. The highest BCUT2D eigenvalue weighted by Crippen LogP contribution is 2.29. The molecule has 1 amide bonds. The molecular weight excluding hydrogens is 600 g/mol. The first-order valence-electron chi connectivity index (χ1n) is 12.8. The van der Waals surface area contributed by atoms with Crippen molar-refractivity contribution in [3.63, 3.8) is 0 Å². The molecule has 3 aromatic rings. The van der Waals surface area contributed by atoms with Gasteiger partial charge >= 0.3 is 12.1 Å². The van der Waals surface area contributed by atoms with E-state index >= 15 is 4.39 Å². The van der Waals surface area contributed by atoms with E-state index in [2.05, 4.69) is 16.9 Å². The molecule has 0 spiro atoms. The van der Waals surface area contributed by atoms with E-state index in [4.69, 9.17) is 15.1 Å². The van der Waals surface area contributed by atoms with Crippen LogP contribution >= 0.6 is 0 Å². The van der Waals surface area contributed by atoms with Gasteiger partial charge in [0.05, 0.1) is 17.2 Å². The molecule has 1 fully saturated rings. The zero-order valence-electron chi connectivity index (χ0n) is 23.4. The van der Waals surface area contributed by atoms with Crippen LogP contribution in [0.25, 0.3) is 22.0 Å². The molecule has 234 valence electrons. The number of carboxylic acid groups (broad SMARTS) is 1. The lowest BCUT2D eigenvalue weighted by Gasteiger charge is -2.25. The van der Waals surface area contributed by atoms with E-state index in [1.807, 2.05) is 24.3 Å². The van der Waals surface area contributed by atoms with Gasteiger partial charge in [0.1, 0.15) is 5.82 Å². The zero-order chi connectivity index (χ0) is 32.3. The van der Waals surface area contributed by atoms with Gasteiger partial charge in [0.15, 0.2) is 14.6 Å². The molecule has 4 rings (SSSR count). The van der Waals surface area contributed by atoms with Crippen LogP contribution in [0.3, 0.4) is 0 Å². The van der Waals surface area contributed by atoms with Crippen LogP contribution in [0.15, 0.2) is 47.5 Å². The zero-order valence-corrected chi connectivity index (χ0v) is 24.2. The number of fused-ring (bicyclic) bond motifs is 1. The molecule has 0 unspecified atom stereocenters. The minimum Gasteiger partial charge on any atom is -0.475 e. The summed E-state index contributed by atoms with van der Waals surface area (Å²) in [7, 11) is -1.83. The summed E-state index contributed by atoms with van der Waals surface area (Å²) < 4.78 is 70.3. The topological polar surface area (TPSA) is 159 Å². The number of rotatable bonds is 9. The third-order valence-electron chi connectivity index (χ3n) is 7.25. The first-order chi connectivity index (χ1) is 19.9. The van der Waals surface area contributed by atoms with Gasteiger partial charge in [-0.2, -0.15) is 13.2 Å². The van der Waals surface area contributed by atoms with E-state index in [0.717, 1.165) is 35.9 Å². The second kappa shape index (κ2) is 12.8. The lowest BCUT2D eigenvalue weighted by Crippen LogP contribution is -2.50. The van der Waals surface area contributed by atoms with Crippen molar-refractivity contribution < 1.29 is 45.9 Å². The summed E-state index contributed by atoms with van der Waals surface area (Å²) in [6.45, 7) is 1.80. The molecule has 1 aliphatic rings. The van der Waals surface area contributed by atoms with E-state index in [1.54, 1.807) is 0 Å². The number of halogens is 4. The fourth-order valence-corrected chi connectivity index (χ4v) is 5.05. The van der Waals surface area contributed by atoms with Crippen LogP contribution in [0.5, 0.6) is 0 Å². The molecule has 16 heteroatoms. The Morgan fingerprint density at radius 2 is 1.74 bits per heavy atom. The smallest absolute Gasteiger partial charge is 0.475 e. The van der Waals surface area contributed by atoms with Gasteiger partial charge in [0.2, 0.25) is 0 Å². The highest BCUT2D eigenvalue weighted by atomic mass is 32.2. The van der Waals surface area contributed by atoms with Gasteiger partial charge in [-0.1, -0.05) is 24.3 Å². The van der Waals surface area contributed by atoms with Crippen molar-refractivity contribution in [2.75, 3.05) is 13.3 Å². The Morgan fingerprint density at radius 3 is 2.23 bits per heavy atom. The maximum absolute atomic E-state index is 15.1. The van der Waals surface area contributed by atoms with Crippen LogP contribution in [0.1, 0.15) is 31.7 Å². The SMILES string of the molecule is CN(Cc1ccc(-c2cc3ncn(CC[C@](C)(C(=O)NO)S(C)(=O)=O)c(=O)c3cc2F)cc1)C1CC1.O=C(O)C(F)(F)F. The van der Waals surface area contributed by atoms with Gasteiger partial charge in [-0.05, 0) is 56.5 Å². The van der Waals surface area contributed by atoms with E-state index in [0.29, 0.717) is 22.7 Å². The highest BCUT2D eigenvalue weighted by Gasteiger charge is 2.43. The number of hydrogen-bond donors (Lipinski definition) is 3. The molecule has 1 atom stereocenters. The molecule has 3 N–H and O–H groups in total. The van der Waals surface area contributed by atoms with Crippen molar-refractivity contribution >= 4 is 32.6 Å². The van der Waals surface area contributed by atoms with Crippen molar-refractivity contribution in [3.05, 3.63) is 64.5 Å². The maximum Gasteiger partial charge on any atom is 0.490 e. The fraction of sp³-hybridized carbons (Fsp3) is 0.407. The first-order valence-corrected chi connectivity index (χ1v) is 14.7. The number of aliphatic carboxylic acids is 1. The van der Waals surface area contributed by atoms with Gasteiger partial charge in [-0.25, -0.2) is 28.1 Å². The second-order valence-corrected chi connectivity index (χ2v) is 12.9. The molecule has 0 aliphatic heterocycles. The molecule has 0 radical (unpaired) electrons. The minimum absolute atomic E-state index is 0.0362. The Kier molecular flexibility index (Phi) is 9.98. The third kappa shape index (κ3) is 7.94. The average molecular weight is 631 g/mol. The maximum atomic E-state index is 15.1. The van der Waals surface area contributed by atoms with Crippen LogP contribution < -0.4 is 11.0 Å². The number of aryl methyl sites for hydroxylation is 1. The lowest BCUT2D eigenvalue weighted by atomic mass is 10.0. The predicted molar refractivity (Wildman–Crippen MR) is 147 cm³/mol. The summed E-state index contributed by atoms with van der Waals surface area (Å²) in [5.41, 5.74) is 3.21. The summed E-state index contributed by atoms with van der Waals surface area (Å²) in [6.07, 6.45) is -0.823. The number of hydrogen-bond acceptors (Lipinski definition) is 8. The third-order valence-corrected chi connectivity index (χ3v) is 9.28. The van der Waals surface area contributed by atoms with Crippen LogP contribution in [0, 0.1) is 5.82 Å². The Morgan fingerprint density at radius 1 is 1.16 bits per heavy atom. The number of sulfone groups is 1. The predicted octanol–water partition coefficient (Wildman–Crippen LogP) is 3.13. The summed E-state index contributed by atoms with van der Waals surface area (Å²) in [5.74, 6) is -4.44. The van der Waals surface area contributed by atoms with E-state index in [9.17, 15) is 31.2 Å². The standard InChI is InChI=1S/C25H29FN4O5S.C2HF3O2/c1-25(24(32)28-33,36(3,34)35)10-11-30-15-27-22-13-19(21(26)12-20(22)23(30)31)17-6-4-16(5-7-17)14-29(2)18-8-9-18;3-2(4,5)1(6)7/h4-7,12-13,15,18,33H,8-11,14H2,1-3H3,(H,28,32);(H,6,7)/t25-;/m1./s1. The number of hydroxylamine groups is 1. The number of aromatic nitrogens is 2. The van der Waals surface area contributed by atoms with E-state index in [-0.39, 0.29) is 18.4 Å². The Hall–Kier alpha value is -3.89. The van der Waals surface area contributed by atoms with Crippen LogP contribution in [0.4, 0.5) is 17.6 Å². The van der Waals surface area contributed by atoms with Crippen LogP contribution in [-0.4, -0.2) is 75.3 Å². The second-order valence-electron chi connectivity index (χ2n) is 10.4. The molecule has 1 saturated carbocycles. The normalized spacial score (nSPS) is 15.0. The molecular formula is C27H30F4N4O7S. The Balaban J connectivity index is 0.000000646. The van der Waals surface area contributed by atoms with Gasteiger partial charge in [0.25, 0.3) is 11.5 Å². The molecule has 1 heterocycles. The van der Waals surface area contributed by atoms with E-state index < -0.39 is 44.0 Å². The minimum atomic E-state index is -5.08. The average Bonchev–Trinajstić information content (AvgIpc) is 3.78. The highest BCUT2D eigenvalue weighted by molar-refractivity contribution is 7.92. The van der Waals surface area contributed by atoms with Crippen molar-refractivity contribution in [2.24, 2.45) is 0 Å². The molecule has 1 aliphatic carbocycles. The van der Waals surface area contributed by atoms with Crippen molar-refractivity contribution in [3.8, 4) is 11.1 Å². The van der Waals surface area contributed by atoms with Gasteiger partial charge in [0, 0.05) is 31.0 Å². The largest absolute Gasteiger partial charge is 0.490 e. The van der Waals surface area contributed by atoms with Gasteiger partial charge in [-0.15, -0.1) is 0 Å². The fourth-order valence-electron chi connectivity index (χ4n) is 4.20. The number of amides is 1. The number of alkyl halides is 3. The number of carbonyl (C=O) groups excluding carboxylic acids is 1. The van der Waals surface area contributed by atoms with Crippen LogP contribution in [0.2, 0.25) is 0 Å². The summed E-state index contributed by atoms with van der Waals surface area (Å²) in [4.78, 5) is 40.5. The van der Waals surface area contributed by atoms with E-state index in [1.165, 1.54) is 30.7 Å². The Labute approximate surface area is 243 Å².